The van der Waals surface area contributed by atoms with Crippen LogP contribution in [0, 0.1) is 0 Å². The first-order valence-electron chi connectivity index (χ1n) is 7.28. The van der Waals surface area contributed by atoms with Gasteiger partial charge in [0.25, 0.3) is 0 Å². The Balaban J connectivity index is 2.33. The molecular formula is C15H21F3N2O2. The van der Waals surface area contributed by atoms with Crippen LogP contribution < -0.4 is 10.1 Å². The van der Waals surface area contributed by atoms with E-state index >= 15 is 0 Å². The topological polar surface area (TPSA) is 44.7 Å². The Hall–Kier alpha value is -1.31. The van der Waals surface area contributed by atoms with E-state index < -0.39 is 11.7 Å². The standard InChI is InChI=1S/C15H21F3N2O2/c1-22-14-10-11(15(16,17)18)2-3-12(14)13(4-9-21)20-7-5-19-6-8-20/h2-3,10,13,19,21H,4-9H2,1H3/t13-/m0/s1. The molecule has 0 saturated carbocycles. The van der Waals surface area contributed by atoms with Crippen molar-refractivity contribution in [3.8, 4) is 5.75 Å². The number of halogens is 3. The number of hydrogen-bond acceptors (Lipinski definition) is 4. The predicted octanol–water partition coefficient (Wildman–Crippen LogP) is 2.04. The van der Waals surface area contributed by atoms with Gasteiger partial charge in [0.05, 0.1) is 12.7 Å². The smallest absolute Gasteiger partial charge is 0.416 e. The van der Waals surface area contributed by atoms with Gasteiger partial charge in [-0.2, -0.15) is 13.2 Å². The highest BCUT2D eigenvalue weighted by atomic mass is 19.4. The molecule has 1 aliphatic heterocycles. The molecule has 124 valence electrons. The molecule has 1 atom stereocenters. The van der Waals surface area contributed by atoms with Gasteiger partial charge in [0.2, 0.25) is 0 Å². The lowest BCUT2D eigenvalue weighted by molar-refractivity contribution is -0.137. The first-order chi connectivity index (χ1) is 10.5. The van der Waals surface area contributed by atoms with Crippen molar-refractivity contribution in [3.05, 3.63) is 29.3 Å². The molecule has 1 aliphatic rings. The first-order valence-corrected chi connectivity index (χ1v) is 7.28. The lowest BCUT2D eigenvalue weighted by atomic mass is 9.98. The van der Waals surface area contributed by atoms with Gasteiger partial charge in [-0.1, -0.05) is 6.07 Å². The minimum Gasteiger partial charge on any atom is -0.496 e. The molecule has 0 aliphatic carbocycles. The van der Waals surface area contributed by atoms with Crippen LogP contribution in [0.15, 0.2) is 18.2 Å². The number of benzene rings is 1. The number of aliphatic hydroxyl groups is 1. The fourth-order valence-corrected chi connectivity index (χ4v) is 2.81. The quantitative estimate of drug-likeness (QED) is 0.872. The number of nitrogens with zero attached hydrogens (tertiary/aromatic N) is 1. The van der Waals surface area contributed by atoms with Crippen LogP contribution in [0.2, 0.25) is 0 Å². The Bertz CT molecular complexity index is 488. The van der Waals surface area contributed by atoms with E-state index in [2.05, 4.69) is 10.2 Å². The van der Waals surface area contributed by atoms with Crippen molar-refractivity contribution >= 4 is 0 Å². The average molecular weight is 318 g/mol. The van der Waals surface area contributed by atoms with E-state index in [1.807, 2.05) is 0 Å². The summed E-state index contributed by atoms with van der Waals surface area (Å²) in [6.45, 7) is 3.19. The molecule has 0 aromatic heterocycles. The monoisotopic (exact) mass is 318 g/mol. The molecule has 2 N–H and O–H groups in total. The zero-order valence-corrected chi connectivity index (χ0v) is 12.5. The molecule has 0 radical (unpaired) electrons. The molecule has 1 aromatic rings. The van der Waals surface area contributed by atoms with Crippen LogP contribution in [0.25, 0.3) is 0 Å². The Morgan fingerprint density at radius 3 is 2.55 bits per heavy atom. The molecule has 7 heteroatoms. The fourth-order valence-electron chi connectivity index (χ4n) is 2.81. The molecule has 1 aromatic carbocycles. The maximum absolute atomic E-state index is 12.8. The van der Waals surface area contributed by atoms with Gasteiger partial charge in [-0.3, -0.25) is 4.90 Å². The van der Waals surface area contributed by atoms with Crippen molar-refractivity contribution in [2.24, 2.45) is 0 Å². The van der Waals surface area contributed by atoms with Crippen molar-refractivity contribution in [1.82, 2.24) is 10.2 Å². The van der Waals surface area contributed by atoms with Crippen molar-refractivity contribution in [3.63, 3.8) is 0 Å². The Morgan fingerprint density at radius 1 is 1.32 bits per heavy atom. The maximum Gasteiger partial charge on any atom is 0.416 e. The van der Waals surface area contributed by atoms with Gasteiger partial charge >= 0.3 is 6.18 Å². The fraction of sp³-hybridized carbons (Fsp3) is 0.600. The summed E-state index contributed by atoms with van der Waals surface area (Å²) in [6.07, 6.45) is -3.94. The number of methoxy groups -OCH3 is 1. The highest BCUT2D eigenvalue weighted by Gasteiger charge is 2.32. The van der Waals surface area contributed by atoms with Gasteiger partial charge in [-0.05, 0) is 18.6 Å². The van der Waals surface area contributed by atoms with Crippen LogP contribution in [0.1, 0.15) is 23.6 Å². The Morgan fingerprint density at radius 2 is 2.00 bits per heavy atom. The van der Waals surface area contributed by atoms with Crippen molar-refractivity contribution in [1.29, 1.82) is 0 Å². The van der Waals surface area contributed by atoms with Crippen molar-refractivity contribution in [2.45, 2.75) is 18.6 Å². The highest BCUT2D eigenvalue weighted by molar-refractivity contribution is 5.41. The van der Waals surface area contributed by atoms with E-state index in [1.54, 1.807) is 0 Å². The molecule has 0 unspecified atom stereocenters. The van der Waals surface area contributed by atoms with E-state index in [0.717, 1.165) is 38.3 Å². The number of piperazine rings is 1. The lowest BCUT2D eigenvalue weighted by Crippen LogP contribution is -2.45. The molecule has 1 saturated heterocycles. The van der Waals surface area contributed by atoms with Gasteiger partial charge < -0.3 is 15.2 Å². The lowest BCUT2D eigenvalue weighted by Gasteiger charge is -2.35. The van der Waals surface area contributed by atoms with E-state index in [0.29, 0.717) is 12.0 Å². The molecule has 4 nitrogen and oxygen atoms in total. The second kappa shape index (κ2) is 7.30. The zero-order valence-electron chi connectivity index (χ0n) is 12.5. The van der Waals surface area contributed by atoms with Gasteiger partial charge in [0.1, 0.15) is 5.75 Å². The first kappa shape index (κ1) is 17.1. The highest BCUT2D eigenvalue weighted by Crippen LogP contribution is 2.37. The van der Waals surface area contributed by atoms with Gasteiger partial charge in [0.15, 0.2) is 0 Å². The summed E-state index contributed by atoms with van der Waals surface area (Å²) in [4.78, 5) is 2.16. The van der Waals surface area contributed by atoms with Gasteiger partial charge in [-0.15, -0.1) is 0 Å². The van der Waals surface area contributed by atoms with Gasteiger partial charge in [0, 0.05) is 44.4 Å². The van der Waals surface area contributed by atoms with Crippen LogP contribution in [0.4, 0.5) is 13.2 Å². The van der Waals surface area contributed by atoms with Crippen LogP contribution in [-0.2, 0) is 6.18 Å². The summed E-state index contributed by atoms with van der Waals surface area (Å²) < 4.78 is 43.7. The van der Waals surface area contributed by atoms with Crippen LogP contribution in [0.3, 0.4) is 0 Å². The molecular weight excluding hydrogens is 297 g/mol. The molecule has 1 heterocycles. The summed E-state index contributed by atoms with van der Waals surface area (Å²) in [5.41, 5.74) is -0.0393. The number of ether oxygens (including phenoxy) is 1. The molecule has 0 amide bonds. The molecule has 0 bridgehead atoms. The van der Waals surface area contributed by atoms with E-state index in [-0.39, 0.29) is 18.4 Å². The van der Waals surface area contributed by atoms with Crippen LogP contribution in [0.5, 0.6) is 5.75 Å². The predicted molar refractivity (Wildman–Crippen MR) is 76.9 cm³/mol. The zero-order chi connectivity index (χ0) is 16.2. The summed E-state index contributed by atoms with van der Waals surface area (Å²) in [6, 6.07) is 3.42. The normalized spacial score (nSPS) is 18.2. The van der Waals surface area contributed by atoms with Crippen molar-refractivity contribution in [2.75, 3.05) is 39.9 Å². The Labute approximate surface area is 127 Å². The number of aliphatic hydroxyl groups excluding tert-OH is 1. The SMILES string of the molecule is COc1cc(C(F)(F)F)ccc1[C@H](CCO)N1CCNCC1. The van der Waals surface area contributed by atoms with E-state index in [1.165, 1.54) is 13.2 Å². The third kappa shape index (κ3) is 3.91. The number of nitrogens with one attached hydrogen (secondary N) is 1. The van der Waals surface area contributed by atoms with Crippen LogP contribution >= 0.6 is 0 Å². The second-order valence-electron chi connectivity index (χ2n) is 5.27. The summed E-state index contributed by atoms with van der Waals surface area (Å²) in [5, 5.41) is 12.5. The maximum atomic E-state index is 12.8. The third-order valence-corrected chi connectivity index (χ3v) is 3.91. The largest absolute Gasteiger partial charge is 0.496 e. The van der Waals surface area contributed by atoms with Crippen molar-refractivity contribution < 1.29 is 23.0 Å². The number of hydrogen-bond donors (Lipinski definition) is 2. The average Bonchev–Trinajstić information content (AvgIpc) is 2.52. The van der Waals surface area contributed by atoms with E-state index in [9.17, 15) is 18.3 Å². The second-order valence-corrected chi connectivity index (χ2v) is 5.27. The molecule has 1 fully saturated rings. The minimum atomic E-state index is -4.40. The third-order valence-electron chi connectivity index (χ3n) is 3.91. The summed E-state index contributed by atoms with van der Waals surface area (Å²) >= 11 is 0. The molecule has 0 spiro atoms. The Kier molecular flexibility index (Phi) is 5.66. The number of alkyl halides is 3. The molecule has 22 heavy (non-hydrogen) atoms. The number of rotatable bonds is 5. The van der Waals surface area contributed by atoms with Gasteiger partial charge in [-0.25, -0.2) is 0 Å². The van der Waals surface area contributed by atoms with Crippen LogP contribution in [-0.4, -0.2) is 49.9 Å². The molecule has 2 rings (SSSR count). The summed E-state index contributed by atoms with van der Waals surface area (Å²) in [5.74, 6) is 0.215. The summed E-state index contributed by atoms with van der Waals surface area (Å²) in [7, 11) is 1.37. The minimum absolute atomic E-state index is 0.0290. The van der Waals surface area contributed by atoms with E-state index in [4.69, 9.17) is 4.74 Å².